The first kappa shape index (κ1) is 33.8. The molecule has 0 radical (unpaired) electrons. The van der Waals surface area contributed by atoms with Crippen LogP contribution in [0.15, 0.2) is 42.5 Å². The molecule has 1 heterocycles. The van der Waals surface area contributed by atoms with Gasteiger partial charge in [0, 0.05) is 25.2 Å². The normalized spacial score (nSPS) is 17.4. The molecule has 0 aliphatic carbocycles. The van der Waals surface area contributed by atoms with Crippen molar-refractivity contribution in [2.24, 2.45) is 17.6 Å². The highest BCUT2D eigenvalue weighted by Gasteiger charge is 2.38. The summed E-state index contributed by atoms with van der Waals surface area (Å²) < 4.78 is 0. The monoisotopic (exact) mass is 571 g/mol. The molecular formula is C31H49N5O5. The summed E-state index contributed by atoms with van der Waals surface area (Å²) in [5.41, 5.74) is 7.31. The van der Waals surface area contributed by atoms with Crippen LogP contribution in [0.1, 0.15) is 71.8 Å². The SMILES string of the molecule is CC(C)C[C@H](N)/C=C/[C@H](Cc1ccccc1)C(=O)N1CCC[C@H]1C(=O)N[C@@H](CCCCNC(=O)O)C(=O)NC(C)C. The number of unbranched alkanes of at least 4 members (excludes halogenated alkanes) is 1. The van der Waals surface area contributed by atoms with E-state index in [1.807, 2.05) is 56.3 Å². The first-order valence-corrected chi connectivity index (χ1v) is 14.8. The summed E-state index contributed by atoms with van der Waals surface area (Å²) in [6.07, 6.45) is 6.67. The van der Waals surface area contributed by atoms with E-state index in [-0.39, 0.29) is 36.3 Å². The van der Waals surface area contributed by atoms with Gasteiger partial charge in [0.05, 0.1) is 5.92 Å². The van der Waals surface area contributed by atoms with Gasteiger partial charge < -0.3 is 31.7 Å². The third kappa shape index (κ3) is 12.3. The highest BCUT2D eigenvalue weighted by Crippen LogP contribution is 2.23. The number of carbonyl (C=O) groups excluding carboxylic acids is 3. The molecule has 1 aliphatic rings. The zero-order valence-corrected chi connectivity index (χ0v) is 25.0. The number of nitrogens with one attached hydrogen (secondary N) is 3. The summed E-state index contributed by atoms with van der Waals surface area (Å²) in [7, 11) is 0. The Kier molecular flexibility index (Phi) is 14.4. The van der Waals surface area contributed by atoms with Gasteiger partial charge in [-0.15, -0.1) is 0 Å². The Hall–Kier alpha value is -3.40. The summed E-state index contributed by atoms with van der Waals surface area (Å²) in [6.45, 7) is 8.64. The van der Waals surface area contributed by atoms with Gasteiger partial charge in [-0.3, -0.25) is 14.4 Å². The fraction of sp³-hybridized carbons (Fsp3) is 0.613. The number of nitrogens with two attached hydrogens (primary N) is 1. The van der Waals surface area contributed by atoms with Crippen LogP contribution in [0, 0.1) is 11.8 Å². The number of benzene rings is 1. The molecule has 10 nitrogen and oxygen atoms in total. The molecular weight excluding hydrogens is 522 g/mol. The largest absolute Gasteiger partial charge is 0.465 e. The Morgan fingerprint density at radius 1 is 1.05 bits per heavy atom. The van der Waals surface area contributed by atoms with E-state index in [9.17, 15) is 19.2 Å². The second-order valence-electron chi connectivity index (χ2n) is 11.6. The van der Waals surface area contributed by atoms with Gasteiger partial charge in [0.2, 0.25) is 17.7 Å². The molecule has 10 heteroatoms. The minimum atomic E-state index is -1.10. The third-order valence-electron chi connectivity index (χ3n) is 7.05. The van der Waals surface area contributed by atoms with Crippen molar-refractivity contribution < 1.29 is 24.3 Å². The smallest absolute Gasteiger partial charge is 0.404 e. The third-order valence-corrected chi connectivity index (χ3v) is 7.05. The van der Waals surface area contributed by atoms with Gasteiger partial charge in [-0.25, -0.2) is 4.79 Å². The van der Waals surface area contributed by atoms with Crippen molar-refractivity contribution in [1.29, 1.82) is 0 Å². The van der Waals surface area contributed by atoms with Crippen LogP contribution in [-0.2, 0) is 20.8 Å². The van der Waals surface area contributed by atoms with Gasteiger partial charge in [0.1, 0.15) is 12.1 Å². The lowest BCUT2D eigenvalue weighted by molar-refractivity contribution is -0.141. The van der Waals surface area contributed by atoms with Crippen molar-refractivity contribution in [3.63, 3.8) is 0 Å². The fourth-order valence-corrected chi connectivity index (χ4v) is 5.11. The highest BCUT2D eigenvalue weighted by atomic mass is 16.4. The quantitative estimate of drug-likeness (QED) is 0.152. The first-order valence-electron chi connectivity index (χ1n) is 14.8. The van der Waals surface area contributed by atoms with Crippen molar-refractivity contribution in [2.75, 3.05) is 13.1 Å². The minimum Gasteiger partial charge on any atom is -0.465 e. The Morgan fingerprint density at radius 2 is 1.76 bits per heavy atom. The molecule has 0 saturated carbocycles. The predicted molar refractivity (Wildman–Crippen MR) is 160 cm³/mol. The van der Waals surface area contributed by atoms with Gasteiger partial charge in [-0.1, -0.05) is 56.3 Å². The lowest BCUT2D eigenvalue weighted by atomic mass is 9.95. The van der Waals surface area contributed by atoms with Crippen LogP contribution >= 0.6 is 0 Å². The van der Waals surface area contributed by atoms with E-state index in [0.717, 1.165) is 12.0 Å². The van der Waals surface area contributed by atoms with Crippen LogP contribution in [-0.4, -0.2) is 71.1 Å². The van der Waals surface area contributed by atoms with Crippen molar-refractivity contribution in [1.82, 2.24) is 20.9 Å². The van der Waals surface area contributed by atoms with Gasteiger partial charge in [-0.2, -0.15) is 0 Å². The molecule has 41 heavy (non-hydrogen) atoms. The number of hydrogen-bond acceptors (Lipinski definition) is 5. The molecule has 1 fully saturated rings. The highest BCUT2D eigenvalue weighted by molar-refractivity contribution is 5.93. The molecule has 228 valence electrons. The predicted octanol–water partition coefficient (Wildman–Crippen LogP) is 3.21. The van der Waals surface area contributed by atoms with E-state index in [1.54, 1.807) is 4.90 Å². The molecule has 0 aromatic heterocycles. The van der Waals surface area contributed by atoms with Crippen molar-refractivity contribution in [2.45, 2.75) is 96.8 Å². The van der Waals surface area contributed by atoms with E-state index in [2.05, 4.69) is 29.8 Å². The molecule has 1 aromatic carbocycles. The summed E-state index contributed by atoms with van der Waals surface area (Å²) in [5, 5.41) is 16.8. The van der Waals surface area contributed by atoms with Crippen LogP contribution in [0.2, 0.25) is 0 Å². The maximum Gasteiger partial charge on any atom is 0.404 e. The van der Waals surface area contributed by atoms with Crippen LogP contribution in [0.3, 0.4) is 0 Å². The standard InChI is InChI=1S/C31H49N5O5/c1-21(2)19-25(32)16-15-24(20-23-11-6-5-7-12-23)30(39)36-18-10-14-27(36)29(38)35-26(28(37)34-22(3)4)13-8-9-17-33-31(40)41/h5-7,11-12,15-16,21-22,24-27,33H,8-10,13-14,17-20,32H2,1-4H3,(H,34,37)(H,35,38)(H,40,41)/b16-15+/t24-,25-,26+,27+/m1/s1. The van der Waals surface area contributed by atoms with E-state index >= 15 is 0 Å². The van der Waals surface area contributed by atoms with Crippen molar-refractivity contribution in [3.05, 3.63) is 48.0 Å². The topological polar surface area (TPSA) is 154 Å². The molecule has 2 rings (SSSR count). The number of amides is 4. The molecule has 4 amide bonds. The van der Waals surface area contributed by atoms with Crippen LogP contribution in [0.25, 0.3) is 0 Å². The Bertz CT molecular complexity index is 1010. The van der Waals surface area contributed by atoms with Crippen LogP contribution in [0.4, 0.5) is 4.79 Å². The Balaban J connectivity index is 2.16. The summed E-state index contributed by atoms with van der Waals surface area (Å²) >= 11 is 0. The van der Waals surface area contributed by atoms with E-state index in [0.29, 0.717) is 51.0 Å². The zero-order chi connectivity index (χ0) is 30.4. The number of rotatable bonds is 16. The molecule has 0 bridgehead atoms. The van der Waals surface area contributed by atoms with E-state index < -0.39 is 24.1 Å². The average Bonchev–Trinajstić information content (AvgIpc) is 3.39. The van der Waals surface area contributed by atoms with Gasteiger partial charge >= 0.3 is 6.09 Å². The average molecular weight is 572 g/mol. The molecule has 0 spiro atoms. The zero-order valence-electron chi connectivity index (χ0n) is 25.0. The van der Waals surface area contributed by atoms with Crippen molar-refractivity contribution >= 4 is 23.8 Å². The molecule has 6 N–H and O–H groups in total. The van der Waals surface area contributed by atoms with Crippen LogP contribution in [0.5, 0.6) is 0 Å². The lowest BCUT2D eigenvalue weighted by Gasteiger charge is -2.29. The maximum absolute atomic E-state index is 13.9. The molecule has 1 aliphatic heterocycles. The lowest BCUT2D eigenvalue weighted by Crippen LogP contribution is -2.54. The number of carbonyl (C=O) groups is 4. The van der Waals surface area contributed by atoms with Gasteiger partial charge in [0.25, 0.3) is 0 Å². The maximum atomic E-state index is 13.9. The molecule has 4 atom stereocenters. The second-order valence-corrected chi connectivity index (χ2v) is 11.6. The van der Waals surface area contributed by atoms with Crippen molar-refractivity contribution in [3.8, 4) is 0 Å². The Labute approximate surface area is 244 Å². The number of hydrogen-bond donors (Lipinski definition) is 5. The van der Waals surface area contributed by atoms with E-state index in [4.69, 9.17) is 10.8 Å². The summed E-state index contributed by atoms with van der Waals surface area (Å²) in [6, 6.07) is 8.08. The number of nitrogens with zero attached hydrogens (tertiary/aromatic N) is 1. The fourth-order valence-electron chi connectivity index (χ4n) is 5.11. The van der Waals surface area contributed by atoms with Gasteiger partial charge in [-0.05, 0) is 70.3 Å². The Morgan fingerprint density at radius 3 is 2.39 bits per heavy atom. The van der Waals surface area contributed by atoms with Crippen LogP contribution < -0.4 is 21.7 Å². The summed E-state index contributed by atoms with van der Waals surface area (Å²) in [4.78, 5) is 52.6. The van der Waals surface area contributed by atoms with E-state index in [1.165, 1.54) is 0 Å². The molecule has 0 unspecified atom stereocenters. The number of carboxylic acid groups (broad SMARTS) is 1. The van der Waals surface area contributed by atoms with Gasteiger partial charge in [0.15, 0.2) is 0 Å². The summed E-state index contributed by atoms with van der Waals surface area (Å²) in [5.74, 6) is -0.797. The number of likely N-dealkylation sites (tertiary alicyclic amines) is 1. The minimum absolute atomic E-state index is 0.104. The first-order chi connectivity index (χ1) is 19.5. The molecule has 1 saturated heterocycles. The molecule has 1 aromatic rings. The second kappa shape index (κ2) is 17.4.